The third-order valence-corrected chi connectivity index (χ3v) is 2.71. The van der Waals surface area contributed by atoms with Crippen molar-refractivity contribution >= 4 is 40.2 Å². The molecule has 15 heavy (non-hydrogen) atoms. The third-order valence-electron chi connectivity index (χ3n) is 2.25. The third kappa shape index (κ3) is 2.55. The van der Waals surface area contributed by atoms with E-state index in [1.54, 1.807) is 0 Å². The minimum Gasteiger partial charge on any atom is -0.358 e. The predicted octanol–water partition coefficient (Wildman–Crippen LogP) is 3.21. The number of carbonyl (C=O) groups is 1. The maximum atomic E-state index is 10.7. The minimum absolute atomic E-state index is 0.0910. The molecule has 2 rings (SSSR count). The molecule has 0 unspecified atom stereocenters. The van der Waals surface area contributed by atoms with Crippen molar-refractivity contribution in [2.45, 2.75) is 12.8 Å². The first-order chi connectivity index (χ1) is 7.15. The summed E-state index contributed by atoms with van der Waals surface area (Å²) in [6.45, 7) is 0. The Morgan fingerprint density at radius 2 is 2.20 bits per heavy atom. The quantitative estimate of drug-likeness (QED) is 0.793. The van der Waals surface area contributed by atoms with E-state index in [0.717, 1.165) is 21.6 Å². The van der Waals surface area contributed by atoms with Crippen molar-refractivity contribution in [2.24, 2.45) is 0 Å². The molecule has 0 spiro atoms. The van der Waals surface area contributed by atoms with Gasteiger partial charge in [-0.3, -0.25) is 4.79 Å². The fraction of sp³-hybridized carbons (Fsp3) is 0.182. The van der Waals surface area contributed by atoms with E-state index in [-0.39, 0.29) is 5.12 Å². The molecule has 0 fully saturated rings. The van der Waals surface area contributed by atoms with E-state index in [4.69, 9.17) is 11.6 Å². The van der Waals surface area contributed by atoms with Crippen LogP contribution in [0, 0.1) is 0 Å². The van der Waals surface area contributed by atoms with Crippen molar-refractivity contribution < 1.29 is 4.79 Å². The van der Waals surface area contributed by atoms with Crippen LogP contribution in [0.2, 0.25) is 5.02 Å². The van der Waals surface area contributed by atoms with Crippen LogP contribution in [0.1, 0.15) is 12.1 Å². The molecule has 78 valence electrons. The van der Waals surface area contributed by atoms with Gasteiger partial charge in [-0.25, -0.2) is 0 Å². The zero-order valence-electron chi connectivity index (χ0n) is 7.96. The molecule has 0 atom stereocenters. The number of halogens is 1. The number of H-pyrrole nitrogens is 1. The number of hydrogen-bond donors (Lipinski definition) is 2. The maximum Gasteiger partial charge on any atom is 0.186 e. The van der Waals surface area contributed by atoms with Gasteiger partial charge in [0.2, 0.25) is 0 Å². The van der Waals surface area contributed by atoms with Crippen LogP contribution in [-0.4, -0.2) is 10.1 Å². The van der Waals surface area contributed by atoms with Gasteiger partial charge in [-0.2, -0.15) is 0 Å². The van der Waals surface area contributed by atoms with E-state index in [0.29, 0.717) is 12.8 Å². The van der Waals surface area contributed by atoms with Crippen molar-refractivity contribution in [1.29, 1.82) is 0 Å². The number of aromatic amines is 1. The molecule has 0 saturated carbocycles. The molecule has 0 aliphatic heterocycles. The van der Waals surface area contributed by atoms with E-state index >= 15 is 0 Å². The van der Waals surface area contributed by atoms with Gasteiger partial charge in [-0.15, -0.1) is 12.6 Å². The van der Waals surface area contributed by atoms with E-state index in [9.17, 15) is 4.79 Å². The molecule has 0 saturated heterocycles. The van der Waals surface area contributed by atoms with Gasteiger partial charge in [-0.05, 0) is 30.7 Å². The van der Waals surface area contributed by atoms with Gasteiger partial charge in [0.25, 0.3) is 0 Å². The standard InChI is InChI=1S/C11H10ClNOS/c12-8-1-3-10-7(5-8)6-9(13-10)2-4-11(14)15/h1,3,5-6,13H,2,4H2,(H,14,15). The van der Waals surface area contributed by atoms with Crippen LogP contribution >= 0.6 is 24.2 Å². The van der Waals surface area contributed by atoms with Crippen LogP contribution in [0.5, 0.6) is 0 Å². The number of nitrogens with one attached hydrogen (secondary N) is 1. The van der Waals surface area contributed by atoms with Crippen LogP contribution in [0.4, 0.5) is 0 Å². The lowest BCUT2D eigenvalue weighted by molar-refractivity contribution is -0.110. The summed E-state index contributed by atoms with van der Waals surface area (Å²) >= 11 is 9.61. The van der Waals surface area contributed by atoms with Crippen molar-refractivity contribution in [2.75, 3.05) is 0 Å². The maximum absolute atomic E-state index is 10.7. The molecule has 0 amide bonds. The largest absolute Gasteiger partial charge is 0.358 e. The van der Waals surface area contributed by atoms with E-state index in [1.165, 1.54) is 0 Å². The highest BCUT2D eigenvalue weighted by Crippen LogP contribution is 2.20. The number of aryl methyl sites for hydroxylation is 1. The Labute approximate surface area is 98.0 Å². The summed E-state index contributed by atoms with van der Waals surface area (Å²) in [4.78, 5) is 13.9. The number of benzene rings is 1. The Morgan fingerprint density at radius 1 is 1.40 bits per heavy atom. The Kier molecular flexibility index (Phi) is 3.03. The first-order valence-electron chi connectivity index (χ1n) is 4.64. The first-order valence-corrected chi connectivity index (χ1v) is 5.46. The second kappa shape index (κ2) is 4.29. The Bertz CT molecular complexity index is 506. The molecule has 2 nitrogen and oxygen atoms in total. The molecule has 4 heteroatoms. The average molecular weight is 240 g/mol. The summed E-state index contributed by atoms with van der Waals surface area (Å²) in [5.74, 6) is 0. The lowest BCUT2D eigenvalue weighted by atomic mass is 10.2. The molecule has 1 N–H and O–H groups in total. The van der Waals surface area contributed by atoms with Gasteiger partial charge in [0.05, 0.1) is 0 Å². The highest BCUT2D eigenvalue weighted by atomic mass is 35.5. The second-order valence-electron chi connectivity index (χ2n) is 3.42. The lowest BCUT2D eigenvalue weighted by Crippen LogP contribution is -1.91. The number of thiol groups is 1. The monoisotopic (exact) mass is 239 g/mol. The summed E-state index contributed by atoms with van der Waals surface area (Å²) in [5.41, 5.74) is 2.08. The van der Waals surface area contributed by atoms with Crippen molar-refractivity contribution in [3.63, 3.8) is 0 Å². The SMILES string of the molecule is O=C(S)CCc1cc2cc(Cl)ccc2[nH]1. The Hall–Kier alpha value is -0.930. The molecule has 0 aliphatic carbocycles. The van der Waals surface area contributed by atoms with E-state index in [1.807, 2.05) is 24.3 Å². The molecule has 1 heterocycles. The van der Waals surface area contributed by atoms with Crippen LogP contribution in [0.3, 0.4) is 0 Å². The van der Waals surface area contributed by atoms with Crippen molar-refractivity contribution in [3.05, 3.63) is 35.0 Å². The summed E-state index contributed by atoms with van der Waals surface area (Å²) in [6.07, 6.45) is 1.14. The van der Waals surface area contributed by atoms with Crippen molar-refractivity contribution in [3.8, 4) is 0 Å². The van der Waals surface area contributed by atoms with Crippen LogP contribution < -0.4 is 0 Å². The summed E-state index contributed by atoms with van der Waals surface area (Å²) < 4.78 is 0. The highest BCUT2D eigenvalue weighted by Gasteiger charge is 2.02. The molecule has 0 aliphatic rings. The van der Waals surface area contributed by atoms with Gasteiger partial charge in [-0.1, -0.05) is 11.6 Å². The number of aromatic nitrogens is 1. The average Bonchev–Trinajstić information content (AvgIpc) is 2.56. The molecule has 1 aromatic heterocycles. The minimum atomic E-state index is -0.0910. The first kappa shape index (κ1) is 10.6. The lowest BCUT2D eigenvalue weighted by Gasteiger charge is -1.92. The number of fused-ring (bicyclic) bond motifs is 1. The summed E-state index contributed by atoms with van der Waals surface area (Å²) in [6, 6.07) is 7.69. The van der Waals surface area contributed by atoms with Gasteiger partial charge in [0.1, 0.15) is 0 Å². The molecule has 0 bridgehead atoms. The number of carbonyl (C=O) groups excluding carboxylic acids is 1. The topological polar surface area (TPSA) is 32.9 Å². The normalized spacial score (nSPS) is 10.8. The van der Waals surface area contributed by atoms with Gasteiger partial charge in [0, 0.05) is 28.0 Å². The van der Waals surface area contributed by atoms with Gasteiger partial charge < -0.3 is 4.98 Å². The predicted molar refractivity (Wildman–Crippen MR) is 65.6 cm³/mol. The Balaban J connectivity index is 2.27. The van der Waals surface area contributed by atoms with Gasteiger partial charge in [0.15, 0.2) is 5.12 Å². The fourth-order valence-electron chi connectivity index (χ4n) is 1.54. The highest BCUT2D eigenvalue weighted by molar-refractivity contribution is 7.96. The summed E-state index contributed by atoms with van der Waals surface area (Å²) in [5, 5.41) is 1.70. The van der Waals surface area contributed by atoms with Crippen molar-refractivity contribution in [1.82, 2.24) is 4.98 Å². The molecular weight excluding hydrogens is 230 g/mol. The smallest absolute Gasteiger partial charge is 0.186 e. The van der Waals surface area contributed by atoms with Crippen LogP contribution in [-0.2, 0) is 11.2 Å². The fourth-order valence-corrected chi connectivity index (χ4v) is 1.83. The van der Waals surface area contributed by atoms with Crippen LogP contribution in [0.25, 0.3) is 10.9 Å². The zero-order chi connectivity index (χ0) is 10.8. The number of rotatable bonds is 3. The molecular formula is C11H10ClNOS. The molecule has 0 radical (unpaired) electrons. The van der Waals surface area contributed by atoms with Crippen LogP contribution in [0.15, 0.2) is 24.3 Å². The van der Waals surface area contributed by atoms with Gasteiger partial charge >= 0.3 is 0 Å². The number of hydrogen-bond acceptors (Lipinski definition) is 1. The second-order valence-corrected chi connectivity index (χ2v) is 4.36. The summed E-state index contributed by atoms with van der Waals surface area (Å²) in [7, 11) is 0. The van der Waals surface area contributed by atoms with E-state index in [2.05, 4.69) is 17.6 Å². The molecule has 2 aromatic rings. The van der Waals surface area contributed by atoms with E-state index < -0.39 is 0 Å². The Morgan fingerprint density at radius 3 is 2.93 bits per heavy atom. The zero-order valence-corrected chi connectivity index (χ0v) is 9.61. The molecule has 1 aromatic carbocycles.